The number of rotatable bonds is 5. The molecule has 156 valence electrons. The number of aromatic nitrogens is 2. The molecule has 2 heterocycles. The highest BCUT2D eigenvalue weighted by Gasteiger charge is 2.35. The highest BCUT2D eigenvalue weighted by Crippen LogP contribution is 2.41. The smallest absolute Gasteiger partial charge is 0.243 e. The molecule has 0 spiro atoms. The lowest BCUT2D eigenvalue weighted by molar-refractivity contribution is 0.281. The van der Waals surface area contributed by atoms with Gasteiger partial charge in [-0.1, -0.05) is 18.2 Å². The number of quaternary nitrogens is 1. The summed E-state index contributed by atoms with van der Waals surface area (Å²) in [5, 5.41) is 29.7. The number of aryl methyl sites for hydroxylation is 1. The van der Waals surface area contributed by atoms with Crippen molar-refractivity contribution in [2.75, 3.05) is 18.6 Å². The van der Waals surface area contributed by atoms with Crippen LogP contribution in [0, 0.1) is 17.9 Å². The number of nitrogens with one attached hydrogen (secondary N) is 2. The maximum atomic E-state index is 14.0. The molecule has 1 unspecified atom stereocenters. The molecule has 0 saturated heterocycles. The Morgan fingerprint density at radius 3 is 2.70 bits per heavy atom. The van der Waals surface area contributed by atoms with Crippen LogP contribution in [0.15, 0.2) is 48.5 Å². The third kappa shape index (κ3) is 3.66. The number of hydrogen-bond acceptors (Lipinski definition) is 6. The molecule has 3 aromatic rings. The van der Waals surface area contributed by atoms with Gasteiger partial charge in [0, 0.05) is 18.2 Å². The van der Waals surface area contributed by atoms with Crippen molar-refractivity contribution >= 4 is 17.5 Å². The molecule has 0 radical (unpaired) electrons. The molecule has 0 aliphatic carbocycles. The largest absolute Gasteiger partial charge is 0.620 e. The fraction of sp³-hybridized carbons (Fsp3) is 0.273. The number of fused-ring (bicyclic) bond motifs is 1. The molecule has 0 bridgehead atoms. The average Bonchev–Trinajstić information content (AvgIpc) is 2.74. The van der Waals surface area contributed by atoms with E-state index in [2.05, 4.69) is 20.6 Å². The van der Waals surface area contributed by atoms with E-state index in [9.17, 15) is 14.7 Å². The van der Waals surface area contributed by atoms with Crippen LogP contribution in [0.1, 0.15) is 18.1 Å². The van der Waals surface area contributed by atoms with Crippen molar-refractivity contribution in [3.63, 3.8) is 0 Å². The van der Waals surface area contributed by atoms with Crippen molar-refractivity contribution in [3.8, 4) is 11.3 Å². The maximum absolute atomic E-state index is 14.0. The Hall–Kier alpha value is -2.91. The van der Waals surface area contributed by atoms with Crippen molar-refractivity contribution in [2.24, 2.45) is 0 Å². The standard InChI is InChI=1S/C22H24FN5O2/c1-14-10-16(23)8-9-18(14)20-19-11-24-13-28(30,17-6-4-3-5-7-17)21(19)27-22(26-20)25-15(2)12-29/h3-10,15,24,29H,11-13H2,1-2H3,(H,25,26,27)/t15-,28?/m0/s1. The topological polar surface area (TPSA) is 93.1 Å². The van der Waals surface area contributed by atoms with Crippen molar-refractivity contribution in [2.45, 2.75) is 26.4 Å². The molecule has 0 fully saturated rings. The van der Waals surface area contributed by atoms with Gasteiger partial charge in [0.1, 0.15) is 18.2 Å². The minimum atomic E-state index is -0.784. The summed E-state index contributed by atoms with van der Waals surface area (Å²) in [6.45, 7) is 4.05. The zero-order valence-corrected chi connectivity index (χ0v) is 16.9. The summed E-state index contributed by atoms with van der Waals surface area (Å²) in [5.74, 6) is 0.259. The van der Waals surface area contributed by atoms with E-state index in [0.717, 1.165) is 5.56 Å². The minimum absolute atomic E-state index is 0.108. The number of halogens is 1. The summed E-state index contributed by atoms with van der Waals surface area (Å²) < 4.78 is 12.9. The number of benzene rings is 2. The average molecular weight is 409 g/mol. The van der Waals surface area contributed by atoms with Crippen molar-refractivity contribution < 1.29 is 9.50 Å². The molecule has 0 saturated carbocycles. The first-order chi connectivity index (χ1) is 14.4. The number of nitrogens with zero attached hydrogens (tertiary/aromatic N) is 3. The van der Waals surface area contributed by atoms with Crippen LogP contribution in [0.4, 0.5) is 21.8 Å². The molecule has 1 aliphatic rings. The van der Waals surface area contributed by atoms with E-state index < -0.39 is 4.65 Å². The van der Waals surface area contributed by atoms with Gasteiger partial charge < -0.3 is 15.6 Å². The second-order valence-corrected chi connectivity index (χ2v) is 7.55. The summed E-state index contributed by atoms with van der Waals surface area (Å²) in [7, 11) is 0. The fourth-order valence-electron chi connectivity index (χ4n) is 3.68. The second kappa shape index (κ2) is 8.08. The van der Waals surface area contributed by atoms with E-state index in [4.69, 9.17) is 0 Å². The van der Waals surface area contributed by atoms with Crippen LogP contribution in [0.2, 0.25) is 0 Å². The van der Waals surface area contributed by atoms with E-state index in [1.165, 1.54) is 12.1 Å². The Balaban J connectivity index is 1.95. The zero-order valence-electron chi connectivity index (χ0n) is 16.9. The summed E-state index contributed by atoms with van der Waals surface area (Å²) in [5.41, 5.74) is 3.25. The quantitative estimate of drug-likeness (QED) is 0.441. The van der Waals surface area contributed by atoms with Gasteiger partial charge >= 0.3 is 0 Å². The lowest BCUT2D eigenvalue weighted by atomic mass is 10.00. The van der Waals surface area contributed by atoms with Gasteiger partial charge in [-0.05, 0) is 49.7 Å². The van der Waals surface area contributed by atoms with E-state index in [0.29, 0.717) is 34.9 Å². The summed E-state index contributed by atoms with van der Waals surface area (Å²) in [6.07, 6.45) is 0. The fourth-order valence-corrected chi connectivity index (χ4v) is 3.68. The molecular formula is C22H24FN5O2. The summed E-state index contributed by atoms with van der Waals surface area (Å²) in [6, 6.07) is 13.3. The van der Waals surface area contributed by atoms with Crippen LogP contribution in [0.3, 0.4) is 0 Å². The third-order valence-electron chi connectivity index (χ3n) is 5.23. The summed E-state index contributed by atoms with van der Waals surface area (Å²) >= 11 is 0. The van der Waals surface area contributed by atoms with Crippen molar-refractivity contribution in [3.05, 3.63) is 70.7 Å². The molecule has 3 N–H and O–H groups in total. The van der Waals surface area contributed by atoms with E-state index in [1.807, 2.05) is 25.1 Å². The highest BCUT2D eigenvalue weighted by atomic mass is 19.1. The van der Waals surface area contributed by atoms with Gasteiger partial charge in [-0.15, -0.1) is 0 Å². The molecule has 2 atom stereocenters. The van der Waals surface area contributed by atoms with Gasteiger partial charge in [0.25, 0.3) is 0 Å². The number of hydrogen-bond donors (Lipinski definition) is 3. The Kier molecular flexibility index (Phi) is 5.48. The van der Waals surface area contributed by atoms with E-state index in [1.54, 1.807) is 25.1 Å². The van der Waals surface area contributed by atoms with Crippen molar-refractivity contribution in [1.82, 2.24) is 19.9 Å². The Bertz CT molecular complexity index is 1060. The minimum Gasteiger partial charge on any atom is -0.620 e. The van der Waals surface area contributed by atoms with Gasteiger partial charge in [-0.3, -0.25) is 9.96 Å². The van der Waals surface area contributed by atoms with E-state index >= 15 is 0 Å². The Morgan fingerprint density at radius 2 is 2.00 bits per heavy atom. The van der Waals surface area contributed by atoms with Crippen LogP contribution < -0.4 is 15.3 Å². The third-order valence-corrected chi connectivity index (χ3v) is 5.23. The lowest BCUT2D eigenvalue weighted by Crippen LogP contribution is -2.50. The predicted molar refractivity (Wildman–Crippen MR) is 115 cm³/mol. The monoisotopic (exact) mass is 409 g/mol. The molecular weight excluding hydrogens is 385 g/mol. The second-order valence-electron chi connectivity index (χ2n) is 7.55. The number of anilines is 1. The Morgan fingerprint density at radius 1 is 1.23 bits per heavy atom. The van der Waals surface area contributed by atoms with E-state index in [-0.39, 0.29) is 31.1 Å². The molecule has 0 amide bonds. The summed E-state index contributed by atoms with van der Waals surface area (Å²) in [4.78, 5) is 9.23. The first-order valence-electron chi connectivity index (χ1n) is 9.83. The normalized spacial score (nSPS) is 19.2. The molecule has 1 aliphatic heterocycles. The number of aliphatic hydroxyl groups excluding tert-OH is 1. The first-order valence-corrected chi connectivity index (χ1v) is 9.83. The van der Waals surface area contributed by atoms with Crippen LogP contribution in [0.5, 0.6) is 0 Å². The van der Waals surface area contributed by atoms with Crippen molar-refractivity contribution in [1.29, 1.82) is 0 Å². The number of hydroxylamine groups is 1. The molecule has 30 heavy (non-hydrogen) atoms. The van der Waals surface area contributed by atoms with Crippen LogP contribution in [0.25, 0.3) is 11.3 Å². The SMILES string of the molecule is Cc1cc(F)ccc1-c1nc(N[C@@H](C)CO)nc2c1CNC[N+]2([O-])c1ccccc1. The van der Waals surface area contributed by atoms with Gasteiger partial charge in [-0.2, -0.15) is 4.98 Å². The van der Waals surface area contributed by atoms with Crippen LogP contribution >= 0.6 is 0 Å². The van der Waals surface area contributed by atoms with Gasteiger partial charge in [0.15, 0.2) is 0 Å². The maximum Gasteiger partial charge on any atom is 0.243 e. The van der Waals surface area contributed by atoms with Gasteiger partial charge in [0.2, 0.25) is 11.8 Å². The van der Waals surface area contributed by atoms with Crippen LogP contribution in [-0.2, 0) is 6.54 Å². The lowest BCUT2D eigenvalue weighted by Gasteiger charge is -2.44. The Labute approximate surface area is 174 Å². The number of para-hydroxylation sites is 1. The van der Waals surface area contributed by atoms with Gasteiger partial charge in [-0.25, -0.2) is 9.37 Å². The number of aliphatic hydroxyl groups is 1. The first kappa shape index (κ1) is 20.4. The molecule has 4 rings (SSSR count). The molecule has 2 aromatic carbocycles. The zero-order chi connectivity index (χ0) is 21.3. The molecule has 1 aromatic heterocycles. The predicted octanol–water partition coefficient (Wildman–Crippen LogP) is 3.58. The molecule has 8 heteroatoms. The molecule has 7 nitrogen and oxygen atoms in total. The van der Waals surface area contributed by atoms with Crippen LogP contribution in [-0.4, -0.2) is 34.4 Å². The highest BCUT2D eigenvalue weighted by molar-refractivity contribution is 5.75. The van der Waals surface area contributed by atoms with Gasteiger partial charge in [0.05, 0.1) is 17.9 Å².